The van der Waals surface area contributed by atoms with Crippen LogP contribution in [-0.2, 0) is 12.8 Å². The number of aliphatic imine (C=N–C) groups is 1. The van der Waals surface area contributed by atoms with Crippen molar-refractivity contribution in [2.24, 2.45) is 4.99 Å². The number of aromatic nitrogens is 1. The van der Waals surface area contributed by atoms with Crippen LogP contribution in [0, 0.1) is 5.82 Å². The van der Waals surface area contributed by atoms with Gasteiger partial charge in [-0.25, -0.2) is 4.39 Å². The van der Waals surface area contributed by atoms with E-state index in [9.17, 15) is 4.39 Å². The van der Waals surface area contributed by atoms with E-state index in [0.717, 1.165) is 36.3 Å². The van der Waals surface area contributed by atoms with Crippen LogP contribution in [-0.4, -0.2) is 24.2 Å². The van der Waals surface area contributed by atoms with Gasteiger partial charge in [0.05, 0.1) is 5.69 Å². The Balaban J connectivity index is 1.37. The van der Waals surface area contributed by atoms with Crippen molar-refractivity contribution in [3.8, 4) is 11.1 Å². The number of aryl methyl sites for hydroxylation is 2. The first kappa shape index (κ1) is 17.3. The predicted molar refractivity (Wildman–Crippen MR) is 104 cm³/mol. The van der Waals surface area contributed by atoms with Crippen molar-refractivity contribution in [2.45, 2.75) is 19.3 Å². The van der Waals surface area contributed by atoms with Crippen LogP contribution in [0.4, 0.5) is 10.3 Å². The molecule has 1 aromatic heterocycles. The first-order chi connectivity index (χ1) is 13.3. The molecular formula is C21H21FN4O. The highest BCUT2D eigenvalue weighted by Gasteiger charge is 2.10. The average molecular weight is 364 g/mol. The monoisotopic (exact) mass is 364 g/mol. The Kier molecular flexibility index (Phi) is 5.14. The molecule has 0 aliphatic carbocycles. The van der Waals surface area contributed by atoms with Crippen molar-refractivity contribution in [3.05, 3.63) is 71.7 Å². The van der Waals surface area contributed by atoms with Crippen LogP contribution in [0.25, 0.3) is 11.1 Å². The maximum Gasteiger partial charge on any atom is 0.231 e. The number of nitrogens with zero attached hydrogens (tertiary/aromatic N) is 2. The highest BCUT2D eigenvalue weighted by Crippen LogP contribution is 2.24. The number of hydrogen-bond acceptors (Lipinski definition) is 5. The number of guanidine groups is 1. The fraction of sp³-hybridized carbons (Fsp3) is 0.238. The summed E-state index contributed by atoms with van der Waals surface area (Å²) in [6.45, 7) is 1.71. The third-order valence-electron chi connectivity index (χ3n) is 4.49. The second kappa shape index (κ2) is 8.03. The quantitative estimate of drug-likeness (QED) is 0.718. The van der Waals surface area contributed by atoms with Gasteiger partial charge in [0.2, 0.25) is 5.88 Å². The molecule has 1 aliphatic rings. The summed E-state index contributed by atoms with van der Waals surface area (Å²) in [5, 5.41) is 10.3. The van der Waals surface area contributed by atoms with Gasteiger partial charge in [-0.05, 0) is 36.5 Å². The molecule has 0 radical (unpaired) electrons. The number of hydrogen-bond donors (Lipinski definition) is 2. The molecule has 0 fully saturated rings. The second-order valence-electron chi connectivity index (χ2n) is 6.50. The van der Waals surface area contributed by atoms with Crippen LogP contribution in [0.3, 0.4) is 0 Å². The van der Waals surface area contributed by atoms with Gasteiger partial charge in [-0.3, -0.25) is 10.3 Å². The first-order valence-electron chi connectivity index (χ1n) is 9.13. The van der Waals surface area contributed by atoms with Crippen LogP contribution in [0.1, 0.15) is 17.7 Å². The van der Waals surface area contributed by atoms with E-state index in [4.69, 9.17) is 4.52 Å². The number of benzene rings is 2. The summed E-state index contributed by atoms with van der Waals surface area (Å²) < 4.78 is 19.8. The highest BCUT2D eigenvalue weighted by molar-refractivity contribution is 5.92. The van der Waals surface area contributed by atoms with E-state index >= 15 is 0 Å². The molecule has 0 saturated carbocycles. The van der Waals surface area contributed by atoms with Crippen LogP contribution in [0.15, 0.2) is 64.1 Å². The summed E-state index contributed by atoms with van der Waals surface area (Å²) in [6, 6.07) is 16.8. The molecule has 1 aliphatic heterocycles. The lowest BCUT2D eigenvalue weighted by molar-refractivity contribution is 0.426. The lowest BCUT2D eigenvalue weighted by Gasteiger charge is -2.13. The van der Waals surface area contributed by atoms with E-state index in [2.05, 4.69) is 20.8 Å². The van der Waals surface area contributed by atoms with Crippen molar-refractivity contribution in [2.75, 3.05) is 18.4 Å². The molecule has 0 bridgehead atoms. The first-order valence-corrected chi connectivity index (χ1v) is 9.13. The van der Waals surface area contributed by atoms with E-state index in [0.29, 0.717) is 30.2 Å². The molecule has 4 rings (SSSR count). The molecule has 2 aromatic carbocycles. The standard InChI is InChI=1S/C21H21FN4O/c22-19-13-15(8-10-18(19)16-5-2-1-3-6-16)7-9-17-14-20(27-26-17)25-21-23-11-4-12-24-21/h1-3,5-6,8,10,13-14H,4,7,9,11-12H2,(H2,23,24,25). The largest absolute Gasteiger partial charge is 0.356 e. The van der Waals surface area contributed by atoms with Gasteiger partial charge in [0.1, 0.15) is 5.82 Å². The second-order valence-corrected chi connectivity index (χ2v) is 6.50. The molecule has 0 unspecified atom stereocenters. The molecule has 27 heavy (non-hydrogen) atoms. The highest BCUT2D eigenvalue weighted by atomic mass is 19.1. The Morgan fingerprint density at radius 1 is 1.07 bits per heavy atom. The lowest BCUT2D eigenvalue weighted by Crippen LogP contribution is -2.35. The Labute approximate surface area is 157 Å². The van der Waals surface area contributed by atoms with Crippen molar-refractivity contribution in [1.29, 1.82) is 0 Å². The average Bonchev–Trinajstić information content (AvgIpc) is 3.15. The van der Waals surface area contributed by atoms with Crippen molar-refractivity contribution >= 4 is 11.8 Å². The minimum atomic E-state index is -0.206. The van der Waals surface area contributed by atoms with Crippen LogP contribution in [0.2, 0.25) is 0 Å². The fourth-order valence-corrected chi connectivity index (χ4v) is 3.06. The van der Waals surface area contributed by atoms with Gasteiger partial charge in [0, 0.05) is 24.7 Å². The summed E-state index contributed by atoms with van der Waals surface area (Å²) in [5.74, 6) is 1.06. The Bertz CT molecular complexity index is 936. The van der Waals surface area contributed by atoms with E-state index in [-0.39, 0.29) is 5.82 Å². The predicted octanol–water partition coefficient (Wildman–Crippen LogP) is 4.03. The molecule has 0 atom stereocenters. The summed E-state index contributed by atoms with van der Waals surface area (Å²) in [6.07, 6.45) is 2.40. The van der Waals surface area contributed by atoms with Gasteiger partial charge in [0.15, 0.2) is 5.96 Å². The van der Waals surface area contributed by atoms with E-state index in [1.807, 2.05) is 48.5 Å². The number of anilines is 1. The maximum atomic E-state index is 14.5. The van der Waals surface area contributed by atoms with E-state index in [1.54, 1.807) is 6.07 Å². The zero-order valence-electron chi connectivity index (χ0n) is 14.9. The Morgan fingerprint density at radius 2 is 1.96 bits per heavy atom. The molecule has 0 spiro atoms. The molecule has 0 saturated heterocycles. The number of halogens is 1. The molecule has 2 heterocycles. The van der Waals surface area contributed by atoms with Crippen molar-refractivity contribution in [3.63, 3.8) is 0 Å². The van der Waals surface area contributed by atoms with Gasteiger partial charge in [-0.15, -0.1) is 0 Å². The molecule has 5 nitrogen and oxygen atoms in total. The number of rotatable bonds is 5. The molecule has 0 amide bonds. The minimum Gasteiger partial charge on any atom is -0.356 e. The van der Waals surface area contributed by atoms with Crippen LogP contribution in [0.5, 0.6) is 0 Å². The molecule has 3 aromatic rings. The van der Waals surface area contributed by atoms with Gasteiger partial charge in [-0.1, -0.05) is 47.6 Å². The van der Waals surface area contributed by atoms with Gasteiger partial charge < -0.3 is 9.84 Å². The Morgan fingerprint density at radius 3 is 2.74 bits per heavy atom. The third kappa shape index (κ3) is 4.34. The third-order valence-corrected chi connectivity index (χ3v) is 4.49. The zero-order chi connectivity index (χ0) is 18.5. The van der Waals surface area contributed by atoms with E-state index < -0.39 is 0 Å². The summed E-state index contributed by atoms with van der Waals surface area (Å²) in [5.41, 5.74) is 3.26. The number of nitrogens with one attached hydrogen (secondary N) is 2. The van der Waals surface area contributed by atoms with Gasteiger partial charge in [-0.2, -0.15) is 0 Å². The van der Waals surface area contributed by atoms with Gasteiger partial charge in [0.25, 0.3) is 0 Å². The Hall–Kier alpha value is -3.15. The molecule has 6 heteroatoms. The lowest BCUT2D eigenvalue weighted by atomic mass is 10.0. The summed E-state index contributed by atoms with van der Waals surface area (Å²) >= 11 is 0. The topological polar surface area (TPSA) is 62.5 Å². The van der Waals surface area contributed by atoms with Crippen molar-refractivity contribution in [1.82, 2.24) is 10.5 Å². The van der Waals surface area contributed by atoms with Crippen LogP contribution >= 0.6 is 0 Å². The van der Waals surface area contributed by atoms with Crippen molar-refractivity contribution < 1.29 is 8.91 Å². The molecular weight excluding hydrogens is 343 g/mol. The summed E-state index contributed by atoms with van der Waals surface area (Å²) in [7, 11) is 0. The fourth-order valence-electron chi connectivity index (χ4n) is 3.06. The van der Waals surface area contributed by atoms with E-state index in [1.165, 1.54) is 0 Å². The molecule has 2 N–H and O–H groups in total. The van der Waals surface area contributed by atoms with Crippen LogP contribution < -0.4 is 10.6 Å². The smallest absolute Gasteiger partial charge is 0.231 e. The SMILES string of the molecule is Fc1cc(CCc2cc(NC3=NCCCN3)on2)ccc1-c1ccccc1. The summed E-state index contributed by atoms with van der Waals surface area (Å²) in [4.78, 5) is 4.34. The normalized spacial score (nSPS) is 13.7. The molecule has 138 valence electrons. The van der Waals surface area contributed by atoms with Gasteiger partial charge >= 0.3 is 0 Å². The zero-order valence-corrected chi connectivity index (χ0v) is 14.9. The maximum absolute atomic E-state index is 14.5. The minimum absolute atomic E-state index is 0.206.